The van der Waals surface area contributed by atoms with E-state index in [-0.39, 0.29) is 23.7 Å². The quantitative estimate of drug-likeness (QED) is 0.0566. The van der Waals surface area contributed by atoms with E-state index in [1.165, 1.54) is 22.3 Å². The highest BCUT2D eigenvalue weighted by atomic mass is 31.2. The number of hydrogen-bond donors (Lipinski definition) is 0. The van der Waals surface area contributed by atoms with Crippen LogP contribution in [-0.2, 0) is 52.1 Å². The summed E-state index contributed by atoms with van der Waals surface area (Å²) in [6.07, 6.45) is 1.76. The van der Waals surface area contributed by atoms with Crippen LogP contribution in [0, 0.1) is 0 Å². The SMILES string of the molecule is CC(C)c1cccc(C(C)C)c1N=P(c1ccccc1)(c1ccccc1)c1cc2c(OCc3ccccc3)c(c1)Cc1cccc(c1OCc1ccccc1)Cc1cc(P(=Nc3c(C(C)C)cccc3C(C)C)(c3ccccc3)c3ccccc3)cc(c1OCc1ccccc1)Cc1cccc(c1OCc1ccccc1)C2. The first-order chi connectivity index (χ1) is 54.8. The largest absolute Gasteiger partial charge is 0.488 e. The predicted octanol–water partition coefficient (Wildman–Crippen LogP) is 24.8. The highest BCUT2D eigenvalue weighted by Crippen LogP contribution is 2.56. The van der Waals surface area contributed by atoms with Gasteiger partial charge >= 0.3 is 0 Å². The molecule has 0 radical (unpaired) electrons. The molecular weight excluding hydrogens is 1400 g/mol. The third-order valence-corrected chi connectivity index (χ3v) is 28.9. The van der Waals surface area contributed by atoms with Gasteiger partial charge in [-0.3, -0.25) is 9.49 Å². The van der Waals surface area contributed by atoms with Gasteiger partial charge in [0.25, 0.3) is 0 Å². The van der Waals surface area contributed by atoms with Crippen molar-refractivity contribution >= 4 is 57.3 Å². The van der Waals surface area contributed by atoms with E-state index in [1.54, 1.807) is 0 Å². The first kappa shape index (κ1) is 76.1. The first-order valence-corrected chi connectivity index (χ1v) is 43.2. The van der Waals surface area contributed by atoms with Gasteiger partial charge in [-0.25, -0.2) is 0 Å². The molecule has 14 aromatic rings. The first-order valence-electron chi connectivity index (χ1n) is 39.7. The molecule has 15 rings (SSSR count). The minimum Gasteiger partial charge on any atom is -0.488 e. The molecule has 0 unspecified atom stereocenters. The van der Waals surface area contributed by atoms with Gasteiger partial charge in [0.1, 0.15) is 49.4 Å². The van der Waals surface area contributed by atoms with Gasteiger partial charge in [-0.2, -0.15) is 0 Å². The van der Waals surface area contributed by atoms with Crippen molar-refractivity contribution in [2.75, 3.05) is 0 Å². The lowest BCUT2D eigenvalue weighted by Crippen LogP contribution is -2.27. The van der Waals surface area contributed by atoms with Crippen LogP contribution in [-0.4, -0.2) is 0 Å². The fourth-order valence-electron chi connectivity index (χ4n) is 16.1. The molecule has 0 fully saturated rings. The lowest BCUT2D eigenvalue weighted by Gasteiger charge is -2.31. The molecule has 0 N–H and O–H groups in total. The average molecular weight is 1500 g/mol. The summed E-state index contributed by atoms with van der Waals surface area (Å²) in [5, 5.41) is 6.86. The van der Waals surface area contributed by atoms with Gasteiger partial charge in [0.05, 0.1) is 25.5 Å². The second-order valence-corrected chi connectivity index (χ2v) is 36.8. The van der Waals surface area contributed by atoms with E-state index in [4.69, 9.17) is 28.4 Å². The van der Waals surface area contributed by atoms with Crippen molar-refractivity contribution in [2.45, 2.75) is 131 Å². The molecule has 0 spiro atoms. The molecular formula is C104H100N2O4P2. The maximum Gasteiger partial charge on any atom is 0.126 e. The zero-order valence-electron chi connectivity index (χ0n) is 65.7. The Morgan fingerprint density at radius 3 is 0.634 bits per heavy atom. The summed E-state index contributed by atoms with van der Waals surface area (Å²) in [7, 11) is -6.22. The van der Waals surface area contributed by atoms with Crippen molar-refractivity contribution in [3.8, 4) is 23.0 Å². The summed E-state index contributed by atoms with van der Waals surface area (Å²) in [5.41, 5.74) is 19.5. The second kappa shape index (κ2) is 35.0. The van der Waals surface area contributed by atoms with Crippen LogP contribution in [0.4, 0.5) is 11.4 Å². The minimum atomic E-state index is -3.11. The Morgan fingerprint density at radius 1 is 0.223 bits per heavy atom. The third kappa shape index (κ3) is 16.5. The highest BCUT2D eigenvalue weighted by molar-refractivity contribution is 7.88. The van der Waals surface area contributed by atoms with Crippen LogP contribution in [0.1, 0.15) is 168 Å². The van der Waals surface area contributed by atoms with Gasteiger partial charge in [0.2, 0.25) is 0 Å². The molecule has 0 saturated carbocycles. The van der Waals surface area contributed by atoms with Gasteiger partial charge in [0, 0.05) is 57.5 Å². The van der Waals surface area contributed by atoms with Crippen molar-refractivity contribution in [1.82, 2.24) is 0 Å². The van der Waals surface area contributed by atoms with Gasteiger partial charge in [0.15, 0.2) is 0 Å². The van der Waals surface area contributed by atoms with Crippen LogP contribution in [0.3, 0.4) is 0 Å². The predicted molar refractivity (Wildman–Crippen MR) is 471 cm³/mol. The van der Waals surface area contributed by atoms with E-state index in [1.807, 2.05) is 0 Å². The minimum absolute atomic E-state index is 0.192. The van der Waals surface area contributed by atoms with E-state index in [9.17, 15) is 0 Å². The lowest BCUT2D eigenvalue weighted by molar-refractivity contribution is 0.293. The number of nitrogens with zero attached hydrogens (tertiary/aromatic N) is 2. The van der Waals surface area contributed by atoms with E-state index < -0.39 is 14.1 Å². The molecule has 8 heteroatoms. The molecule has 6 nitrogen and oxygen atoms in total. The van der Waals surface area contributed by atoms with E-state index >= 15 is 0 Å². The standard InChI is InChI=1S/C104H100N2O4P2/c1-73(2)95-57-35-58-96(74(3)4)99(95)105-111(89-49-25-13-26-50-89,90-51-27-14-28-52-90)93-65-85-61-81-45-33-47-83(101(81)107-69-77-37-17-9-18-38-77)63-87-67-94(112(91-53-29-15-30-54-91,92-55-31-16-32-56-92)106-100-97(75(5)6)59-36-60-98(100)76(7)8)68-88(104(87)110-72-80-43-23-12-24-44-80)64-84-48-34-46-82(102(84)108-70-78-39-19-10-20-40-78)62-86(66-93)103(85)109-71-79-41-21-11-22-42-79/h9-60,65-68,73-76H,61-64,69-72H2,1-8H3. The van der Waals surface area contributed by atoms with Crippen LogP contribution in [0.5, 0.6) is 23.0 Å². The highest BCUT2D eigenvalue weighted by Gasteiger charge is 2.36. The Morgan fingerprint density at radius 2 is 0.420 bits per heavy atom. The van der Waals surface area contributed by atoms with Crippen molar-refractivity contribution in [3.63, 3.8) is 0 Å². The van der Waals surface area contributed by atoms with Crippen LogP contribution < -0.4 is 50.8 Å². The maximum atomic E-state index is 7.67. The lowest BCUT2D eigenvalue weighted by atomic mass is 9.91. The summed E-state index contributed by atoms with van der Waals surface area (Å²) in [6.45, 7) is 19.8. The third-order valence-electron chi connectivity index (χ3n) is 21.7. The zero-order chi connectivity index (χ0) is 77.0. The van der Waals surface area contributed by atoms with Gasteiger partial charge in [-0.1, -0.05) is 371 Å². The summed E-state index contributed by atoms with van der Waals surface area (Å²) in [6, 6.07) is 124. The Hall–Kier alpha value is -11.3. The zero-order valence-corrected chi connectivity index (χ0v) is 67.5. The average Bonchev–Trinajstić information content (AvgIpc) is 0.736. The molecule has 0 aliphatic heterocycles. The van der Waals surface area contributed by atoms with Crippen molar-refractivity contribution in [3.05, 3.63) is 429 Å². The van der Waals surface area contributed by atoms with Gasteiger partial charge in [-0.05, 0) is 137 Å². The summed E-state index contributed by atoms with van der Waals surface area (Å²) in [4.78, 5) is 0. The van der Waals surface area contributed by atoms with Crippen molar-refractivity contribution < 1.29 is 18.9 Å². The Bertz CT molecular complexity index is 5070. The Kier molecular flexibility index (Phi) is 23.8. The smallest absolute Gasteiger partial charge is 0.126 e. The number of ether oxygens (including phenoxy) is 4. The maximum absolute atomic E-state index is 7.67. The monoisotopic (exact) mass is 1500 g/mol. The molecule has 1 aliphatic carbocycles. The number of rotatable bonds is 24. The van der Waals surface area contributed by atoms with E-state index in [2.05, 4.69) is 395 Å². The molecule has 0 saturated heterocycles. The summed E-state index contributed by atoms with van der Waals surface area (Å²) < 4.78 is 43.8. The van der Waals surface area contributed by atoms with Crippen LogP contribution in [0.2, 0.25) is 0 Å². The molecule has 14 aromatic carbocycles. The number of fused-ring (bicyclic) bond motifs is 8. The molecule has 0 atom stereocenters. The van der Waals surface area contributed by atoms with E-state index in [0.29, 0.717) is 52.1 Å². The van der Waals surface area contributed by atoms with Gasteiger partial charge < -0.3 is 18.9 Å². The molecule has 0 amide bonds. The molecule has 1 aliphatic rings. The van der Waals surface area contributed by atoms with Crippen LogP contribution >= 0.6 is 14.1 Å². The van der Waals surface area contributed by atoms with Crippen molar-refractivity contribution in [2.24, 2.45) is 9.49 Å². The normalized spacial score (nSPS) is 12.2. The Labute approximate surface area is 664 Å². The number of para-hydroxylation sites is 2. The molecule has 8 bridgehead atoms. The summed E-state index contributed by atoms with van der Waals surface area (Å²) >= 11 is 0. The number of benzene rings is 14. The van der Waals surface area contributed by atoms with Gasteiger partial charge in [-0.15, -0.1) is 0 Å². The number of hydrogen-bond acceptors (Lipinski definition) is 6. The molecule has 0 heterocycles. The van der Waals surface area contributed by atoms with Crippen molar-refractivity contribution in [1.29, 1.82) is 0 Å². The van der Waals surface area contributed by atoms with Crippen LogP contribution in [0.25, 0.3) is 0 Å². The fourth-order valence-corrected chi connectivity index (χ4v) is 23.4. The molecule has 560 valence electrons. The fraction of sp³-hybridized carbons (Fsp3) is 0.192. The second-order valence-electron chi connectivity index (χ2n) is 30.8. The topological polar surface area (TPSA) is 61.6 Å². The Balaban J connectivity index is 1.08. The molecule has 0 aromatic heterocycles. The van der Waals surface area contributed by atoms with E-state index in [0.717, 1.165) is 133 Å². The van der Waals surface area contributed by atoms with Crippen LogP contribution in [0.15, 0.2) is 349 Å². The summed E-state index contributed by atoms with van der Waals surface area (Å²) in [5.74, 6) is 4.04. The molecule has 112 heavy (non-hydrogen) atoms.